The fraction of sp³-hybridized carbons (Fsp3) is 0.375. The first-order chi connectivity index (χ1) is 11.8. The first-order valence-corrected chi connectivity index (χ1v) is 7.68. The van der Waals surface area contributed by atoms with Crippen LogP contribution in [0.1, 0.15) is 11.5 Å². The Hall–Kier alpha value is -2.55. The predicted molar refractivity (Wildman–Crippen MR) is 84.1 cm³/mol. The molecular weight excluding hydrogens is 337 g/mol. The average molecular weight is 354 g/mol. The fourth-order valence-electron chi connectivity index (χ4n) is 2.94. The van der Waals surface area contributed by atoms with Crippen LogP contribution in [0.2, 0.25) is 0 Å². The number of alkyl halides is 3. The summed E-state index contributed by atoms with van der Waals surface area (Å²) in [5.41, 5.74) is 1.20. The SMILES string of the molecule is Cn1cc([C@H]2CNC[C@@H]2C(=O)Nc2cccc(OC(F)(F)F)c2)cn1. The number of carbonyl (C=O) groups excluding carboxylic acids is 1. The van der Waals surface area contributed by atoms with Crippen molar-refractivity contribution in [1.82, 2.24) is 15.1 Å². The summed E-state index contributed by atoms with van der Waals surface area (Å²) in [6.45, 7) is 1.13. The summed E-state index contributed by atoms with van der Waals surface area (Å²) in [7, 11) is 1.80. The molecule has 0 saturated carbocycles. The summed E-state index contributed by atoms with van der Waals surface area (Å²) < 4.78 is 42.4. The van der Waals surface area contributed by atoms with Gasteiger partial charge in [0.2, 0.25) is 5.91 Å². The smallest absolute Gasteiger partial charge is 0.406 e. The van der Waals surface area contributed by atoms with Crippen molar-refractivity contribution in [3.8, 4) is 5.75 Å². The molecule has 2 heterocycles. The molecule has 1 aliphatic rings. The third-order valence-corrected chi connectivity index (χ3v) is 4.04. The highest BCUT2D eigenvalue weighted by molar-refractivity contribution is 5.93. The van der Waals surface area contributed by atoms with Gasteiger partial charge in [0.1, 0.15) is 5.75 Å². The number of nitrogens with one attached hydrogen (secondary N) is 2. The number of benzene rings is 1. The van der Waals surface area contributed by atoms with Gasteiger partial charge in [0, 0.05) is 44.0 Å². The molecule has 1 amide bonds. The van der Waals surface area contributed by atoms with Crippen molar-refractivity contribution < 1.29 is 22.7 Å². The first-order valence-electron chi connectivity index (χ1n) is 7.68. The number of anilines is 1. The highest BCUT2D eigenvalue weighted by Gasteiger charge is 2.35. The van der Waals surface area contributed by atoms with Crippen molar-refractivity contribution in [2.75, 3.05) is 18.4 Å². The Labute approximate surface area is 142 Å². The summed E-state index contributed by atoms with van der Waals surface area (Å²) in [4.78, 5) is 12.6. The number of amides is 1. The number of hydrogen-bond acceptors (Lipinski definition) is 4. The van der Waals surface area contributed by atoms with E-state index in [2.05, 4.69) is 20.5 Å². The minimum atomic E-state index is -4.77. The Morgan fingerprint density at radius 3 is 2.88 bits per heavy atom. The van der Waals surface area contributed by atoms with Gasteiger partial charge in [-0.2, -0.15) is 5.10 Å². The number of aryl methyl sites for hydroxylation is 1. The molecular formula is C16H17F3N4O2. The minimum Gasteiger partial charge on any atom is -0.406 e. The average Bonchev–Trinajstić information content (AvgIpc) is 3.14. The lowest BCUT2D eigenvalue weighted by Gasteiger charge is -2.17. The molecule has 0 spiro atoms. The van der Waals surface area contributed by atoms with Crippen LogP contribution in [0.25, 0.3) is 0 Å². The molecule has 1 saturated heterocycles. The molecule has 2 atom stereocenters. The number of nitrogens with zero attached hydrogens (tertiary/aromatic N) is 2. The third kappa shape index (κ3) is 4.30. The van der Waals surface area contributed by atoms with Crippen LogP contribution < -0.4 is 15.4 Å². The number of carbonyl (C=O) groups is 1. The van der Waals surface area contributed by atoms with Crippen LogP contribution in [0, 0.1) is 5.92 Å². The van der Waals surface area contributed by atoms with Gasteiger partial charge in [0.15, 0.2) is 0 Å². The zero-order valence-corrected chi connectivity index (χ0v) is 13.4. The molecule has 134 valence electrons. The van der Waals surface area contributed by atoms with E-state index in [1.807, 2.05) is 6.20 Å². The Morgan fingerprint density at radius 1 is 1.40 bits per heavy atom. The van der Waals surface area contributed by atoms with E-state index in [0.29, 0.717) is 13.1 Å². The van der Waals surface area contributed by atoms with Crippen LogP contribution in [0.5, 0.6) is 5.75 Å². The molecule has 1 aliphatic heterocycles. The second-order valence-electron chi connectivity index (χ2n) is 5.88. The minimum absolute atomic E-state index is 0.0386. The van der Waals surface area contributed by atoms with Gasteiger partial charge < -0.3 is 15.4 Å². The molecule has 6 nitrogen and oxygen atoms in total. The van der Waals surface area contributed by atoms with E-state index in [0.717, 1.165) is 11.6 Å². The number of rotatable bonds is 4. The molecule has 2 N–H and O–H groups in total. The van der Waals surface area contributed by atoms with E-state index in [1.165, 1.54) is 18.2 Å². The molecule has 0 aliphatic carbocycles. The van der Waals surface area contributed by atoms with Gasteiger partial charge in [0.25, 0.3) is 0 Å². The summed E-state index contributed by atoms with van der Waals surface area (Å²) >= 11 is 0. The van der Waals surface area contributed by atoms with Crippen molar-refractivity contribution in [2.45, 2.75) is 12.3 Å². The van der Waals surface area contributed by atoms with Gasteiger partial charge in [-0.3, -0.25) is 9.48 Å². The van der Waals surface area contributed by atoms with E-state index in [4.69, 9.17) is 0 Å². The van der Waals surface area contributed by atoms with Crippen molar-refractivity contribution in [1.29, 1.82) is 0 Å². The van der Waals surface area contributed by atoms with Gasteiger partial charge in [0.05, 0.1) is 12.1 Å². The van der Waals surface area contributed by atoms with Crippen LogP contribution in [0.3, 0.4) is 0 Å². The van der Waals surface area contributed by atoms with Crippen molar-refractivity contribution >= 4 is 11.6 Å². The number of hydrogen-bond donors (Lipinski definition) is 2. The van der Waals surface area contributed by atoms with E-state index in [-0.39, 0.29) is 29.2 Å². The normalized spacial score (nSPS) is 20.5. The second-order valence-corrected chi connectivity index (χ2v) is 5.88. The molecule has 9 heteroatoms. The number of aromatic nitrogens is 2. The van der Waals surface area contributed by atoms with Crippen molar-refractivity contribution in [3.05, 3.63) is 42.2 Å². The van der Waals surface area contributed by atoms with Gasteiger partial charge in [-0.25, -0.2) is 0 Å². The van der Waals surface area contributed by atoms with Crippen LogP contribution in [-0.4, -0.2) is 35.1 Å². The van der Waals surface area contributed by atoms with E-state index >= 15 is 0 Å². The van der Waals surface area contributed by atoms with Gasteiger partial charge in [-0.1, -0.05) is 6.07 Å². The second kappa shape index (κ2) is 6.75. The number of halogens is 3. The molecule has 3 rings (SSSR count). The standard InChI is InChI=1S/C16H17F3N4O2/c1-23-9-10(6-21-23)13-7-20-8-14(13)15(24)22-11-3-2-4-12(5-11)25-16(17,18)19/h2-6,9,13-14,20H,7-8H2,1H3,(H,22,24)/t13-,14+/m1/s1. The Morgan fingerprint density at radius 2 is 2.20 bits per heavy atom. The van der Waals surface area contributed by atoms with Crippen molar-refractivity contribution in [2.24, 2.45) is 13.0 Å². The fourth-order valence-corrected chi connectivity index (χ4v) is 2.94. The van der Waals surface area contributed by atoms with Gasteiger partial charge in [-0.15, -0.1) is 13.2 Å². The molecule has 1 aromatic carbocycles. The molecule has 0 bridgehead atoms. The maximum absolute atomic E-state index is 12.6. The monoisotopic (exact) mass is 354 g/mol. The van der Waals surface area contributed by atoms with Gasteiger partial charge in [-0.05, 0) is 17.7 Å². The summed E-state index contributed by atoms with van der Waals surface area (Å²) in [5.74, 6) is -1.01. The lowest BCUT2D eigenvalue weighted by atomic mass is 9.90. The summed E-state index contributed by atoms with van der Waals surface area (Å²) in [5, 5.41) is 9.95. The van der Waals surface area contributed by atoms with E-state index in [9.17, 15) is 18.0 Å². The van der Waals surface area contributed by atoms with Crippen LogP contribution in [-0.2, 0) is 11.8 Å². The van der Waals surface area contributed by atoms with Gasteiger partial charge >= 0.3 is 6.36 Å². The maximum atomic E-state index is 12.6. The molecule has 0 unspecified atom stereocenters. The van der Waals surface area contributed by atoms with Crippen LogP contribution >= 0.6 is 0 Å². The van der Waals surface area contributed by atoms with Crippen molar-refractivity contribution in [3.63, 3.8) is 0 Å². The summed E-state index contributed by atoms with van der Waals surface area (Å²) in [6.07, 6.45) is -1.20. The lowest BCUT2D eigenvalue weighted by molar-refractivity contribution is -0.274. The zero-order valence-electron chi connectivity index (χ0n) is 13.4. The van der Waals surface area contributed by atoms with Crippen LogP contribution in [0.4, 0.5) is 18.9 Å². The van der Waals surface area contributed by atoms with E-state index < -0.39 is 6.36 Å². The predicted octanol–water partition coefficient (Wildman–Crippen LogP) is 2.26. The topological polar surface area (TPSA) is 68.2 Å². The van der Waals surface area contributed by atoms with E-state index in [1.54, 1.807) is 17.9 Å². The Kier molecular flexibility index (Phi) is 4.67. The van der Waals surface area contributed by atoms with Crippen LogP contribution in [0.15, 0.2) is 36.7 Å². The molecule has 0 radical (unpaired) electrons. The first kappa shape index (κ1) is 17.3. The number of ether oxygens (including phenoxy) is 1. The Balaban J connectivity index is 1.70. The summed E-state index contributed by atoms with van der Waals surface area (Å²) in [6, 6.07) is 5.23. The highest BCUT2D eigenvalue weighted by atomic mass is 19.4. The maximum Gasteiger partial charge on any atom is 0.573 e. The molecule has 1 aromatic heterocycles. The lowest BCUT2D eigenvalue weighted by Crippen LogP contribution is -2.28. The largest absolute Gasteiger partial charge is 0.573 e. The highest BCUT2D eigenvalue weighted by Crippen LogP contribution is 2.30. The molecule has 1 fully saturated rings. The molecule has 2 aromatic rings. The Bertz CT molecular complexity index is 760. The molecule has 25 heavy (non-hydrogen) atoms. The zero-order chi connectivity index (χ0) is 18.0. The quantitative estimate of drug-likeness (QED) is 0.884. The third-order valence-electron chi connectivity index (χ3n) is 4.04.